The van der Waals surface area contributed by atoms with Crippen LogP contribution in [0.4, 0.5) is 0 Å². The highest BCUT2D eigenvalue weighted by Gasteiger charge is 2.21. The van der Waals surface area contributed by atoms with E-state index in [-0.39, 0.29) is 0 Å². The maximum Gasteiger partial charge on any atom is 0.0719 e. The summed E-state index contributed by atoms with van der Waals surface area (Å²) in [4.78, 5) is 4.79. The molecule has 1 aliphatic carbocycles. The first-order valence-corrected chi connectivity index (χ1v) is 6.60. The van der Waals surface area contributed by atoms with Gasteiger partial charge in [-0.05, 0) is 43.5 Å². The van der Waals surface area contributed by atoms with Gasteiger partial charge in [-0.1, -0.05) is 28.4 Å². The van der Waals surface area contributed by atoms with Gasteiger partial charge in [0.2, 0.25) is 0 Å². The van der Waals surface area contributed by atoms with Gasteiger partial charge in [0.1, 0.15) is 0 Å². The molecule has 1 aliphatic rings. The Morgan fingerprint density at radius 2 is 2.06 bits per heavy atom. The van der Waals surface area contributed by atoms with E-state index in [1.807, 2.05) is 0 Å². The molecule has 0 atom stereocenters. The molecule has 1 aromatic heterocycles. The van der Waals surface area contributed by atoms with Gasteiger partial charge in [0.25, 0.3) is 0 Å². The number of aryl methyl sites for hydroxylation is 1. The molecular weight excluding hydrogens is 262 g/mol. The zero-order valence-electron chi connectivity index (χ0n) is 9.33. The molecule has 0 aliphatic heterocycles. The molecule has 2 heteroatoms. The van der Waals surface area contributed by atoms with E-state index in [9.17, 15) is 0 Å². The molecule has 1 aromatic carbocycles. The van der Waals surface area contributed by atoms with Crippen LogP contribution in [0.2, 0.25) is 0 Å². The van der Waals surface area contributed by atoms with Crippen LogP contribution in [-0.2, 0) is 0 Å². The molecule has 2 aromatic rings. The zero-order valence-corrected chi connectivity index (χ0v) is 10.9. The van der Waals surface area contributed by atoms with Gasteiger partial charge < -0.3 is 0 Å². The fourth-order valence-corrected chi connectivity index (χ4v) is 2.66. The molecule has 0 N–H and O–H groups in total. The Labute approximate surface area is 104 Å². The predicted octanol–water partition coefficient (Wildman–Crippen LogP) is 4.57. The predicted molar refractivity (Wildman–Crippen MR) is 70.8 cm³/mol. The van der Waals surface area contributed by atoms with Gasteiger partial charge in [-0.15, -0.1) is 0 Å². The summed E-state index contributed by atoms with van der Waals surface area (Å²) in [6.07, 6.45) is 3.99. The van der Waals surface area contributed by atoms with Crippen LogP contribution < -0.4 is 0 Å². The van der Waals surface area contributed by atoms with E-state index in [0.717, 1.165) is 9.99 Å². The Balaban J connectivity index is 2.18. The zero-order chi connectivity index (χ0) is 11.1. The Morgan fingerprint density at radius 1 is 1.25 bits per heavy atom. The fraction of sp³-hybridized carbons (Fsp3) is 0.357. The molecular formula is C14H14BrN. The van der Waals surface area contributed by atoms with Crippen LogP contribution in [0.25, 0.3) is 10.9 Å². The number of hydrogen-bond donors (Lipinski definition) is 0. The summed E-state index contributed by atoms with van der Waals surface area (Å²) in [5, 5.41) is 1.27. The van der Waals surface area contributed by atoms with Crippen molar-refractivity contribution < 1.29 is 0 Å². The summed E-state index contributed by atoms with van der Waals surface area (Å²) < 4.78 is 1.11. The summed E-state index contributed by atoms with van der Waals surface area (Å²) in [6, 6.07) is 8.61. The number of aromatic nitrogens is 1. The molecule has 1 fully saturated rings. The molecule has 16 heavy (non-hydrogen) atoms. The van der Waals surface area contributed by atoms with E-state index in [1.54, 1.807) is 0 Å². The first-order valence-electron chi connectivity index (χ1n) is 5.81. The fourth-order valence-electron chi connectivity index (χ4n) is 2.31. The molecule has 3 rings (SSSR count). The molecule has 0 unspecified atom stereocenters. The van der Waals surface area contributed by atoms with Crippen LogP contribution in [0.1, 0.15) is 36.4 Å². The second-order valence-electron chi connectivity index (χ2n) is 4.65. The Kier molecular flexibility index (Phi) is 2.47. The normalized spacial score (nSPS) is 16.4. The highest BCUT2D eigenvalue weighted by Crippen LogP contribution is 2.36. The first-order chi connectivity index (χ1) is 7.74. The van der Waals surface area contributed by atoms with Crippen molar-refractivity contribution in [3.05, 3.63) is 40.0 Å². The van der Waals surface area contributed by atoms with Crippen molar-refractivity contribution in [3.63, 3.8) is 0 Å². The van der Waals surface area contributed by atoms with Crippen LogP contribution in [0.15, 0.2) is 28.7 Å². The number of benzene rings is 1. The first kappa shape index (κ1) is 10.3. The minimum Gasteiger partial charge on any atom is -0.252 e. The van der Waals surface area contributed by atoms with Crippen molar-refractivity contribution in [2.75, 3.05) is 0 Å². The molecule has 0 amide bonds. The Bertz CT molecular complexity index is 544. The summed E-state index contributed by atoms with van der Waals surface area (Å²) >= 11 is 3.51. The minimum absolute atomic E-state index is 0.710. The second-order valence-corrected chi connectivity index (χ2v) is 5.57. The third kappa shape index (κ3) is 1.65. The third-order valence-corrected chi connectivity index (χ3v) is 4.02. The number of fused-ring (bicyclic) bond motifs is 1. The van der Waals surface area contributed by atoms with Crippen LogP contribution in [0, 0.1) is 6.92 Å². The van der Waals surface area contributed by atoms with E-state index in [1.165, 1.54) is 35.9 Å². The highest BCUT2D eigenvalue weighted by molar-refractivity contribution is 9.10. The second kappa shape index (κ2) is 3.85. The van der Waals surface area contributed by atoms with Crippen LogP contribution in [0.5, 0.6) is 0 Å². The van der Waals surface area contributed by atoms with Crippen molar-refractivity contribution in [1.82, 2.24) is 4.98 Å². The molecule has 0 radical (unpaired) electrons. The maximum absolute atomic E-state index is 4.79. The summed E-state index contributed by atoms with van der Waals surface area (Å²) in [5.74, 6) is 0.710. The number of halogens is 1. The SMILES string of the molecule is Cc1cc(C2CCC2)nc2cc(Br)ccc12. The van der Waals surface area contributed by atoms with Gasteiger partial charge in [-0.3, -0.25) is 4.98 Å². The van der Waals surface area contributed by atoms with E-state index in [4.69, 9.17) is 4.98 Å². The molecule has 1 heterocycles. The van der Waals surface area contributed by atoms with Gasteiger partial charge in [0, 0.05) is 21.5 Å². The van der Waals surface area contributed by atoms with Crippen molar-refractivity contribution >= 4 is 26.8 Å². The summed E-state index contributed by atoms with van der Waals surface area (Å²) in [6.45, 7) is 2.18. The standard InChI is InChI=1S/C14H14BrN/c1-9-7-13(10-3-2-4-10)16-14-8-11(15)5-6-12(9)14/h5-8,10H,2-4H2,1H3. The number of hydrogen-bond acceptors (Lipinski definition) is 1. The Morgan fingerprint density at radius 3 is 2.75 bits per heavy atom. The van der Waals surface area contributed by atoms with Crippen molar-refractivity contribution in [1.29, 1.82) is 0 Å². The van der Waals surface area contributed by atoms with E-state index in [0.29, 0.717) is 5.92 Å². The lowest BCUT2D eigenvalue weighted by Gasteiger charge is -2.25. The highest BCUT2D eigenvalue weighted by atomic mass is 79.9. The van der Waals surface area contributed by atoms with Gasteiger partial charge in [0.05, 0.1) is 5.52 Å². The maximum atomic E-state index is 4.79. The largest absolute Gasteiger partial charge is 0.252 e. The lowest BCUT2D eigenvalue weighted by Crippen LogP contribution is -2.10. The van der Waals surface area contributed by atoms with Crippen LogP contribution >= 0.6 is 15.9 Å². The van der Waals surface area contributed by atoms with E-state index < -0.39 is 0 Å². The van der Waals surface area contributed by atoms with Gasteiger partial charge in [-0.2, -0.15) is 0 Å². The summed E-state index contributed by atoms with van der Waals surface area (Å²) in [5.41, 5.74) is 3.75. The van der Waals surface area contributed by atoms with E-state index >= 15 is 0 Å². The molecule has 0 saturated heterocycles. The molecule has 0 spiro atoms. The van der Waals surface area contributed by atoms with Gasteiger partial charge in [-0.25, -0.2) is 0 Å². The average Bonchev–Trinajstić information content (AvgIpc) is 2.13. The topological polar surface area (TPSA) is 12.9 Å². The molecule has 82 valence electrons. The van der Waals surface area contributed by atoms with Crippen molar-refractivity contribution in [3.8, 4) is 0 Å². The van der Waals surface area contributed by atoms with Gasteiger partial charge in [0.15, 0.2) is 0 Å². The van der Waals surface area contributed by atoms with Crippen LogP contribution in [-0.4, -0.2) is 4.98 Å². The third-order valence-electron chi connectivity index (χ3n) is 3.52. The van der Waals surface area contributed by atoms with E-state index in [2.05, 4.69) is 47.1 Å². The van der Waals surface area contributed by atoms with Crippen molar-refractivity contribution in [2.24, 2.45) is 0 Å². The summed E-state index contributed by atoms with van der Waals surface area (Å²) in [7, 11) is 0. The van der Waals surface area contributed by atoms with Crippen molar-refractivity contribution in [2.45, 2.75) is 32.1 Å². The lowest BCUT2D eigenvalue weighted by molar-refractivity contribution is 0.412. The monoisotopic (exact) mass is 275 g/mol. The number of pyridine rings is 1. The lowest BCUT2D eigenvalue weighted by atomic mass is 9.82. The quantitative estimate of drug-likeness (QED) is 0.743. The number of rotatable bonds is 1. The number of nitrogens with zero attached hydrogens (tertiary/aromatic N) is 1. The Hall–Kier alpha value is -0.890. The minimum atomic E-state index is 0.710. The molecule has 1 saturated carbocycles. The average molecular weight is 276 g/mol. The van der Waals surface area contributed by atoms with Gasteiger partial charge >= 0.3 is 0 Å². The molecule has 0 bridgehead atoms. The van der Waals surface area contributed by atoms with Crippen LogP contribution in [0.3, 0.4) is 0 Å². The molecule has 1 nitrogen and oxygen atoms in total. The smallest absolute Gasteiger partial charge is 0.0719 e.